The normalized spacial score (nSPS) is 17.2. The minimum Gasteiger partial charge on any atom is -0.765 e. The topological polar surface area (TPSA) is 49.9 Å². The highest BCUT2D eigenvalue weighted by Gasteiger charge is 2.30. The van der Waals surface area contributed by atoms with Gasteiger partial charge in [-0.3, -0.25) is 9.97 Å². The standard InChI is InChI=1S/C11H14N3O2/c1-2-8-12-11(15)9-13(16)14(12)10-6-4-3-5-7-10/h3-7H,2,8-9H2,1H3/q-1. The zero-order valence-electron chi connectivity index (χ0n) is 9.17. The number of para-hydroxylation sites is 1. The van der Waals surface area contributed by atoms with Crippen LogP contribution in [0, 0.1) is 5.21 Å². The first-order chi connectivity index (χ1) is 7.74. The Labute approximate surface area is 94.4 Å². The van der Waals surface area contributed by atoms with E-state index in [0.717, 1.165) is 12.1 Å². The van der Waals surface area contributed by atoms with Gasteiger partial charge in [0.1, 0.15) is 0 Å². The lowest BCUT2D eigenvalue weighted by Crippen LogP contribution is -2.43. The van der Waals surface area contributed by atoms with Crippen molar-refractivity contribution in [3.63, 3.8) is 0 Å². The number of benzene rings is 1. The molecule has 1 aromatic rings. The smallest absolute Gasteiger partial charge is 0.257 e. The molecule has 1 saturated heterocycles. The van der Waals surface area contributed by atoms with Gasteiger partial charge in [-0.2, -0.15) is 0 Å². The molecule has 1 heterocycles. The van der Waals surface area contributed by atoms with Gasteiger partial charge in [-0.1, -0.05) is 25.1 Å². The summed E-state index contributed by atoms with van der Waals surface area (Å²) >= 11 is 0. The molecule has 1 amide bonds. The number of carbonyl (C=O) groups excluding carboxylic acids is 1. The second-order valence-electron chi connectivity index (χ2n) is 3.65. The van der Waals surface area contributed by atoms with Crippen LogP contribution in [0.25, 0.3) is 0 Å². The van der Waals surface area contributed by atoms with Crippen molar-refractivity contribution in [1.29, 1.82) is 0 Å². The highest BCUT2D eigenvalue weighted by Crippen LogP contribution is 2.22. The van der Waals surface area contributed by atoms with Crippen molar-refractivity contribution in [2.45, 2.75) is 13.3 Å². The van der Waals surface area contributed by atoms with Crippen molar-refractivity contribution in [2.75, 3.05) is 18.2 Å². The molecule has 0 bridgehead atoms. The molecule has 0 radical (unpaired) electrons. The number of anilines is 1. The maximum Gasteiger partial charge on any atom is 0.257 e. The van der Waals surface area contributed by atoms with E-state index in [-0.39, 0.29) is 12.5 Å². The molecule has 1 aromatic carbocycles. The highest BCUT2D eigenvalue weighted by atomic mass is 16.6. The molecule has 0 atom stereocenters. The Balaban J connectivity index is 2.27. The van der Waals surface area contributed by atoms with Crippen molar-refractivity contribution in [3.05, 3.63) is 35.5 Å². The SMILES string of the molecule is CCCN1C(=O)CN([O-])N1c1ccccc1. The maximum atomic E-state index is 11.7. The molecule has 0 saturated carbocycles. The summed E-state index contributed by atoms with van der Waals surface area (Å²) in [5, 5.41) is 15.2. The Morgan fingerprint density at radius 1 is 1.31 bits per heavy atom. The lowest BCUT2D eigenvalue weighted by molar-refractivity contribution is -0.127. The molecule has 86 valence electrons. The third kappa shape index (κ3) is 1.87. The predicted octanol–water partition coefficient (Wildman–Crippen LogP) is 1.38. The molecular formula is C11H14N3O2-. The zero-order valence-corrected chi connectivity index (χ0v) is 9.17. The van der Waals surface area contributed by atoms with Crippen LogP contribution in [0.4, 0.5) is 5.69 Å². The van der Waals surface area contributed by atoms with Crippen molar-refractivity contribution < 1.29 is 4.79 Å². The van der Waals surface area contributed by atoms with Crippen LogP contribution in [-0.4, -0.2) is 29.2 Å². The summed E-state index contributed by atoms with van der Waals surface area (Å²) in [5.74, 6) is -0.152. The first-order valence-electron chi connectivity index (χ1n) is 5.34. The molecule has 2 rings (SSSR count). The molecule has 0 N–H and O–H groups in total. The van der Waals surface area contributed by atoms with Gasteiger partial charge in [0.25, 0.3) is 5.91 Å². The summed E-state index contributed by atoms with van der Waals surface area (Å²) in [6, 6.07) is 9.19. The number of hydrazine groups is 2. The van der Waals surface area contributed by atoms with E-state index in [9.17, 15) is 10.0 Å². The summed E-state index contributed by atoms with van der Waals surface area (Å²) in [6.45, 7) is 2.44. The average Bonchev–Trinajstić information content (AvgIpc) is 2.56. The zero-order chi connectivity index (χ0) is 11.5. The summed E-state index contributed by atoms with van der Waals surface area (Å²) in [6.07, 6.45) is 0.822. The van der Waals surface area contributed by atoms with Crippen LogP contribution in [0.2, 0.25) is 0 Å². The van der Waals surface area contributed by atoms with Crippen LogP contribution in [0.1, 0.15) is 13.3 Å². The largest absolute Gasteiger partial charge is 0.765 e. The summed E-state index contributed by atoms with van der Waals surface area (Å²) in [5.41, 5.74) is 0.719. The Morgan fingerprint density at radius 2 is 2.00 bits per heavy atom. The Bertz CT molecular complexity index is 369. The minimum absolute atomic E-state index is 0.102. The first-order valence-corrected chi connectivity index (χ1v) is 5.34. The Kier molecular flexibility index (Phi) is 3.07. The summed E-state index contributed by atoms with van der Waals surface area (Å²) < 4.78 is 0. The number of nitrogens with zero attached hydrogens (tertiary/aromatic N) is 3. The van der Waals surface area contributed by atoms with Gasteiger partial charge in [0, 0.05) is 6.54 Å². The van der Waals surface area contributed by atoms with Gasteiger partial charge >= 0.3 is 0 Å². The average molecular weight is 220 g/mol. The van der Waals surface area contributed by atoms with Gasteiger partial charge in [0.15, 0.2) is 0 Å². The van der Waals surface area contributed by atoms with E-state index in [1.165, 1.54) is 10.1 Å². The van der Waals surface area contributed by atoms with E-state index in [1.807, 2.05) is 37.3 Å². The second kappa shape index (κ2) is 4.51. The van der Waals surface area contributed by atoms with Crippen LogP contribution >= 0.6 is 0 Å². The number of carbonyl (C=O) groups is 1. The first kappa shape index (κ1) is 10.9. The fourth-order valence-electron chi connectivity index (χ4n) is 1.75. The van der Waals surface area contributed by atoms with E-state index in [2.05, 4.69) is 0 Å². The van der Waals surface area contributed by atoms with E-state index in [1.54, 1.807) is 0 Å². The van der Waals surface area contributed by atoms with Gasteiger partial charge in [0.05, 0.1) is 12.2 Å². The highest BCUT2D eigenvalue weighted by molar-refractivity contribution is 5.82. The van der Waals surface area contributed by atoms with Crippen LogP contribution in [0.15, 0.2) is 30.3 Å². The quantitative estimate of drug-likeness (QED) is 0.772. The molecule has 0 unspecified atom stereocenters. The van der Waals surface area contributed by atoms with Gasteiger partial charge in [-0.05, 0) is 18.6 Å². The lowest BCUT2D eigenvalue weighted by atomic mass is 10.3. The predicted molar refractivity (Wildman–Crippen MR) is 61.0 cm³/mol. The van der Waals surface area contributed by atoms with Crippen LogP contribution in [0.5, 0.6) is 0 Å². The molecule has 0 spiro atoms. The number of hydrogen-bond donors (Lipinski definition) is 0. The van der Waals surface area contributed by atoms with Crippen LogP contribution in [0.3, 0.4) is 0 Å². The van der Waals surface area contributed by atoms with E-state index < -0.39 is 0 Å². The molecule has 1 aliphatic rings. The molecule has 0 aromatic heterocycles. The van der Waals surface area contributed by atoms with Crippen molar-refractivity contribution in [3.8, 4) is 0 Å². The van der Waals surface area contributed by atoms with Gasteiger partial charge in [0.2, 0.25) is 0 Å². The van der Waals surface area contributed by atoms with Crippen molar-refractivity contribution in [1.82, 2.24) is 10.2 Å². The Hall–Kier alpha value is -1.59. The minimum atomic E-state index is -0.152. The number of amides is 1. The van der Waals surface area contributed by atoms with E-state index in [4.69, 9.17) is 0 Å². The monoisotopic (exact) mass is 220 g/mol. The van der Waals surface area contributed by atoms with Crippen LogP contribution in [-0.2, 0) is 4.79 Å². The molecule has 5 nitrogen and oxygen atoms in total. The number of hydroxylamine groups is 1. The fraction of sp³-hybridized carbons (Fsp3) is 0.364. The van der Waals surface area contributed by atoms with Gasteiger partial charge in [-0.25, -0.2) is 10.1 Å². The molecular weight excluding hydrogens is 206 g/mol. The Morgan fingerprint density at radius 3 is 2.62 bits per heavy atom. The molecule has 1 aliphatic heterocycles. The second-order valence-corrected chi connectivity index (χ2v) is 3.65. The van der Waals surface area contributed by atoms with Gasteiger partial charge < -0.3 is 5.21 Å². The third-order valence-electron chi connectivity index (χ3n) is 2.42. The van der Waals surface area contributed by atoms with Crippen molar-refractivity contribution in [2.24, 2.45) is 0 Å². The third-order valence-corrected chi connectivity index (χ3v) is 2.42. The fourth-order valence-corrected chi connectivity index (χ4v) is 1.75. The molecule has 0 aliphatic carbocycles. The van der Waals surface area contributed by atoms with E-state index >= 15 is 0 Å². The molecule has 16 heavy (non-hydrogen) atoms. The lowest BCUT2D eigenvalue weighted by Gasteiger charge is -2.38. The number of rotatable bonds is 3. The summed E-state index contributed by atoms with van der Waals surface area (Å²) in [4.78, 5) is 11.6. The van der Waals surface area contributed by atoms with Crippen LogP contribution < -0.4 is 5.12 Å². The molecule has 5 heteroatoms. The van der Waals surface area contributed by atoms with E-state index in [0.29, 0.717) is 11.7 Å². The number of hydrogen-bond acceptors (Lipinski definition) is 4. The van der Waals surface area contributed by atoms with Crippen molar-refractivity contribution >= 4 is 11.6 Å². The summed E-state index contributed by atoms with van der Waals surface area (Å²) in [7, 11) is 0. The van der Waals surface area contributed by atoms with Gasteiger partial charge in [-0.15, -0.1) is 0 Å². The molecule has 1 fully saturated rings. The maximum absolute atomic E-state index is 11.7.